The van der Waals surface area contributed by atoms with Crippen molar-refractivity contribution in [3.63, 3.8) is 0 Å². The van der Waals surface area contributed by atoms with Crippen LogP contribution in [0, 0.1) is 35.5 Å². The molecule has 3 aromatic heterocycles. The molecule has 5 heterocycles. The number of allylic oxidation sites excluding steroid dienone is 4. The number of urea groups is 2. The van der Waals surface area contributed by atoms with Crippen molar-refractivity contribution in [3.8, 4) is 0 Å². The maximum atomic E-state index is 12.6. The Morgan fingerprint density at radius 2 is 0.702 bits per heavy atom. The molecular formula is C55H80N10O19. The van der Waals surface area contributed by atoms with Gasteiger partial charge in [0.2, 0.25) is 17.8 Å². The average Bonchev–Trinajstić information content (AvgIpc) is 2.94. The highest BCUT2D eigenvalue weighted by Gasteiger charge is 2.59. The zero-order valence-corrected chi connectivity index (χ0v) is 49.5. The SMILES string of the molecule is C1=CC2CC1CC2CCOCCC1CC2C=CC1C2.COCN(COC)c1nc(N(COC)COC)nc(N(COC)COC)n1.COCN1C(=O)N(COC)C2C1N(COC)C(=O)N2COC.O=c1oc(=O)c2cc3c(=O)oc(=O)c3cc12. The molecule has 84 heavy (non-hydrogen) atoms. The second-order valence-corrected chi connectivity index (χ2v) is 20.9. The van der Waals surface area contributed by atoms with Crippen LogP contribution in [0.2, 0.25) is 0 Å². The monoisotopic (exact) mass is 1180 g/mol. The lowest BCUT2D eigenvalue weighted by Gasteiger charge is -2.28. The number of anilines is 3. The Labute approximate surface area is 486 Å². The van der Waals surface area contributed by atoms with Crippen LogP contribution < -0.4 is 37.2 Å². The van der Waals surface area contributed by atoms with Crippen LogP contribution in [0.4, 0.5) is 27.4 Å². The molecule has 2 aliphatic heterocycles. The highest BCUT2D eigenvalue weighted by molar-refractivity contribution is 5.96. The minimum Gasteiger partial charge on any atom is -0.386 e. The lowest BCUT2D eigenvalue weighted by atomic mass is 9.90. The quantitative estimate of drug-likeness (QED) is 0.0428. The molecule has 464 valence electrons. The number of carbonyl (C=O) groups is 2. The van der Waals surface area contributed by atoms with Gasteiger partial charge >= 0.3 is 34.6 Å². The Balaban J connectivity index is 0.000000163. The van der Waals surface area contributed by atoms with Crippen LogP contribution in [-0.4, -0.2) is 211 Å². The zero-order chi connectivity index (χ0) is 60.5. The van der Waals surface area contributed by atoms with E-state index < -0.39 is 34.8 Å². The fourth-order valence-electron chi connectivity index (χ4n) is 11.7. The molecule has 1 aromatic carbocycles. The van der Waals surface area contributed by atoms with Gasteiger partial charge in [0.15, 0.2) is 12.3 Å². The predicted molar refractivity (Wildman–Crippen MR) is 303 cm³/mol. The van der Waals surface area contributed by atoms with Gasteiger partial charge in [-0.1, -0.05) is 24.3 Å². The van der Waals surface area contributed by atoms with Crippen LogP contribution in [0.5, 0.6) is 0 Å². The number of carbonyl (C=O) groups excluding carboxylic acids is 2. The summed E-state index contributed by atoms with van der Waals surface area (Å²) in [6, 6.07) is 1.75. The normalized spacial score (nSPS) is 22.5. The number of amides is 4. The molecule has 2 saturated carbocycles. The second-order valence-electron chi connectivity index (χ2n) is 20.9. The number of furan rings is 2. The summed E-state index contributed by atoms with van der Waals surface area (Å²) in [4.78, 5) is 94.4. The number of benzene rings is 1. The summed E-state index contributed by atoms with van der Waals surface area (Å²) >= 11 is 0. The number of hydrogen-bond acceptors (Lipinski definition) is 25. The van der Waals surface area contributed by atoms with E-state index >= 15 is 0 Å². The Kier molecular flexibility index (Phi) is 24.5. The smallest absolute Gasteiger partial charge is 0.346 e. The third-order valence-corrected chi connectivity index (χ3v) is 15.3. The van der Waals surface area contributed by atoms with Gasteiger partial charge in [-0.2, -0.15) is 15.0 Å². The van der Waals surface area contributed by atoms with Crippen LogP contribution in [0.3, 0.4) is 0 Å². The molecule has 10 rings (SSSR count). The van der Waals surface area contributed by atoms with E-state index in [1.807, 2.05) is 0 Å². The molecule has 29 nitrogen and oxygen atoms in total. The first kappa shape index (κ1) is 65.0. The number of rotatable bonds is 29. The lowest BCUT2D eigenvalue weighted by Crippen LogP contribution is -2.48. The number of fused-ring (bicyclic) bond motifs is 7. The first-order valence-corrected chi connectivity index (χ1v) is 27.4. The van der Waals surface area contributed by atoms with Gasteiger partial charge in [-0.15, -0.1) is 0 Å². The molecule has 0 N–H and O–H groups in total. The molecule has 6 atom stereocenters. The molecular weight excluding hydrogens is 1100 g/mol. The van der Waals surface area contributed by atoms with Crippen LogP contribution in [0.1, 0.15) is 38.5 Å². The minimum absolute atomic E-state index is 0.0181. The molecule has 4 fully saturated rings. The van der Waals surface area contributed by atoms with Crippen molar-refractivity contribution >= 4 is 51.5 Å². The maximum absolute atomic E-state index is 12.6. The van der Waals surface area contributed by atoms with E-state index in [1.54, 1.807) is 57.4 Å². The molecule has 29 heteroatoms. The molecule has 4 amide bonds. The minimum atomic E-state index is -0.824. The van der Waals surface area contributed by atoms with Crippen molar-refractivity contribution in [1.82, 2.24) is 34.6 Å². The van der Waals surface area contributed by atoms with Crippen LogP contribution in [-0.2, 0) is 52.1 Å². The predicted octanol–water partition coefficient (Wildman–Crippen LogP) is 3.15. The summed E-state index contributed by atoms with van der Waals surface area (Å²) in [5.41, 5.74) is -3.30. The molecule has 0 spiro atoms. The summed E-state index contributed by atoms with van der Waals surface area (Å²) in [5.74, 6) is 6.58. The van der Waals surface area contributed by atoms with Gasteiger partial charge in [-0.25, -0.2) is 28.8 Å². The Bertz CT molecular complexity index is 2670. The summed E-state index contributed by atoms with van der Waals surface area (Å²) in [5, 5.41) is -0.0726. The van der Waals surface area contributed by atoms with Gasteiger partial charge in [0.1, 0.15) is 67.3 Å². The van der Waals surface area contributed by atoms with E-state index in [2.05, 4.69) is 48.1 Å². The molecule has 6 aliphatic rings. The van der Waals surface area contributed by atoms with Crippen molar-refractivity contribution in [2.75, 3.05) is 166 Å². The Hall–Kier alpha value is -6.51. The molecule has 4 aromatic rings. The number of aromatic nitrogens is 3. The van der Waals surface area contributed by atoms with Crippen molar-refractivity contribution in [1.29, 1.82) is 0 Å². The summed E-state index contributed by atoms with van der Waals surface area (Å²) in [6.45, 7) is 3.67. The zero-order valence-electron chi connectivity index (χ0n) is 49.5. The van der Waals surface area contributed by atoms with Crippen molar-refractivity contribution in [3.05, 3.63) is 78.1 Å². The largest absolute Gasteiger partial charge is 0.386 e. The van der Waals surface area contributed by atoms with E-state index in [9.17, 15) is 28.8 Å². The third-order valence-electron chi connectivity index (χ3n) is 15.3. The summed E-state index contributed by atoms with van der Waals surface area (Å²) < 4.78 is 66.3. The van der Waals surface area contributed by atoms with Crippen molar-refractivity contribution in [2.45, 2.75) is 50.9 Å². The summed E-state index contributed by atoms with van der Waals surface area (Å²) in [7, 11) is 15.4. The molecule has 4 aliphatic carbocycles. The van der Waals surface area contributed by atoms with Crippen LogP contribution in [0.15, 0.2) is 64.4 Å². The van der Waals surface area contributed by atoms with E-state index in [1.165, 1.54) is 86.6 Å². The molecule has 4 bridgehead atoms. The topological polar surface area (TPSA) is 292 Å². The van der Waals surface area contributed by atoms with Crippen LogP contribution in [0.25, 0.3) is 21.5 Å². The highest BCUT2D eigenvalue weighted by atomic mass is 16.5. The van der Waals surface area contributed by atoms with Gasteiger partial charge in [-0.05, 0) is 86.2 Å². The molecule has 0 radical (unpaired) electrons. The third kappa shape index (κ3) is 15.3. The lowest BCUT2D eigenvalue weighted by molar-refractivity contribution is -0.0135. The van der Waals surface area contributed by atoms with Gasteiger partial charge in [0.05, 0.1) is 21.5 Å². The Morgan fingerprint density at radius 3 is 0.929 bits per heavy atom. The standard InChI is InChI=1S/C18H26O.C15H30N6O6.C12H22N4O6.C10H2O6/c1-3-15-9-13(1)11-17(15)5-7-19-8-6-18-12-14-2-4-16(18)10-14;1-22-7-19(8-23-2)13-16-14(20(9-24-3)10-25-4)18-15(17-13)21(11-26-5)12-27-6;1-19-5-13-9-10(15(7-21-3)11(13)17)16(8-22-4)12(18)14(9)6-20-2;11-7-3-1-4-6(10(14)16-8(4)12)2-5(3)9(13)15-7/h1-4,13-18H,5-12H2;7-12H2,1-6H3;9-10H,5-8H2,1-4H3;1-2H. The average molecular weight is 1190 g/mol. The van der Waals surface area contributed by atoms with E-state index in [0.29, 0.717) is 17.8 Å². The maximum Gasteiger partial charge on any atom is 0.346 e. The van der Waals surface area contributed by atoms with Crippen LogP contribution >= 0.6 is 0 Å². The van der Waals surface area contributed by atoms with E-state index in [-0.39, 0.29) is 101 Å². The highest BCUT2D eigenvalue weighted by Crippen LogP contribution is 2.46. The van der Waals surface area contributed by atoms with Gasteiger partial charge < -0.3 is 60.9 Å². The number of nitrogens with zero attached hydrogens (tertiary/aromatic N) is 10. The molecule has 6 unspecified atom stereocenters. The van der Waals surface area contributed by atoms with E-state index in [0.717, 1.165) is 60.9 Å². The Morgan fingerprint density at radius 1 is 0.417 bits per heavy atom. The second kappa shape index (κ2) is 31.6. The summed E-state index contributed by atoms with van der Waals surface area (Å²) in [6.07, 6.45) is 17.1. The van der Waals surface area contributed by atoms with Gasteiger partial charge in [0, 0.05) is 84.3 Å². The van der Waals surface area contributed by atoms with E-state index in [4.69, 9.17) is 52.1 Å². The number of ether oxygens (including phenoxy) is 11. The molecule has 2 saturated heterocycles. The first-order chi connectivity index (χ1) is 40.7. The first-order valence-electron chi connectivity index (χ1n) is 27.4. The van der Waals surface area contributed by atoms with Gasteiger partial charge in [0.25, 0.3) is 0 Å². The van der Waals surface area contributed by atoms with Gasteiger partial charge in [-0.3, -0.25) is 34.3 Å². The van der Waals surface area contributed by atoms with Crippen molar-refractivity contribution < 1.29 is 70.5 Å². The number of methoxy groups -OCH3 is 10. The van der Waals surface area contributed by atoms with Crippen molar-refractivity contribution in [2.24, 2.45) is 35.5 Å². The number of hydrogen-bond donors (Lipinski definition) is 0. The fraction of sp³-hybridized carbons (Fsp3) is 0.655. The fourth-order valence-corrected chi connectivity index (χ4v) is 11.7.